The highest BCUT2D eigenvalue weighted by Gasteiger charge is 2.33. The van der Waals surface area contributed by atoms with E-state index in [4.69, 9.17) is 0 Å². The average molecular weight is 340 g/mol. The molecule has 2 aromatic rings. The molecule has 0 fully saturated rings. The van der Waals surface area contributed by atoms with Crippen molar-refractivity contribution in [3.63, 3.8) is 0 Å². The van der Waals surface area contributed by atoms with E-state index >= 15 is 0 Å². The van der Waals surface area contributed by atoms with Crippen LogP contribution in [0, 0.1) is 5.92 Å². The lowest BCUT2D eigenvalue weighted by Gasteiger charge is -2.36. The Hall–Kier alpha value is -1.98. The highest BCUT2D eigenvalue weighted by Crippen LogP contribution is 2.35. The Kier molecular flexibility index (Phi) is 4.97. The summed E-state index contributed by atoms with van der Waals surface area (Å²) in [6, 6.07) is 5.29. The van der Waals surface area contributed by atoms with E-state index in [1.807, 2.05) is 0 Å². The van der Waals surface area contributed by atoms with Crippen molar-refractivity contribution in [3.8, 4) is 0 Å². The Morgan fingerprint density at radius 3 is 2.42 bits per heavy atom. The topological polar surface area (TPSA) is 44.9 Å². The van der Waals surface area contributed by atoms with E-state index in [1.165, 1.54) is 12.1 Å². The second-order valence-electron chi connectivity index (χ2n) is 6.75. The molecule has 0 saturated heterocycles. The molecule has 1 atom stereocenters. The second kappa shape index (κ2) is 6.49. The molecule has 0 radical (unpaired) electrons. The fraction of sp³-hybridized carbons (Fsp3) is 0.500. The number of fused-ring (bicyclic) bond motifs is 1. The van der Waals surface area contributed by atoms with Gasteiger partial charge in [-0.1, -0.05) is 27.2 Å². The van der Waals surface area contributed by atoms with Crippen molar-refractivity contribution in [1.29, 1.82) is 0 Å². The Bertz CT molecular complexity index is 780. The van der Waals surface area contributed by atoms with Crippen LogP contribution in [0.2, 0.25) is 0 Å². The molecule has 0 spiro atoms. The standard InChI is InChI=1S/C18H23F3N2O/c1-5-8-17(4,11(2)3)23-12-6-7-15-13(9-12)14(18(19,20)21)10-16(24)22-15/h6-7,9-11,23H,5,8H2,1-4H3,(H,22,24). The zero-order valence-electron chi connectivity index (χ0n) is 14.3. The SMILES string of the molecule is CCCC(C)(Nc1ccc2[nH]c(=O)cc(C(F)(F)F)c2c1)C(C)C. The van der Waals surface area contributed by atoms with Gasteiger partial charge in [-0.05, 0) is 37.5 Å². The van der Waals surface area contributed by atoms with Gasteiger partial charge in [0.25, 0.3) is 0 Å². The molecule has 1 aromatic carbocycles. The van der Waals surface area contributed by atoms with Crippen LogP contribution in [0.4, 0.5) is 18.9 Å². The molecule has 1 heterocycles. The fourth-order valence-electron chi connectivity index (χ4n) is 2.91. The minimum absolute atomic E-state index is 0.00490. The van der Waals surface area contributed by atoms with E-state index < -0.39 is 17.3 Å². The van der Waals surface area contributed by atoms with Crippen LogP contribution in [0.25, 0.3) is 10.9 Å². The van der Waals surface area contributed by atoms with E-state index in [-0.39, 0.29) is 16.4 Å². The largest absolute Gasteiger partial charge is 0.417 e. The van der Waals surface area contributed by atoms with Crippen LogP contribution < -0.4 is 10.9 Å². The number of nitrogens with one attached hydrogen (secondary N) is 2. The Morgan fingerprint density at radius 2 is 1.88 bits per heavy atom. The van der Waals surface area contributed by atoms with Crippen LogP contribution in [0.1, 0.15) is 46.1 Å². The van der Waals surface area contributed by atoms with Crippen molar-refractivity contribution in [2.45, 2.75) is 52.3 Å². The van der Waals surface area contributed by atoms with E-state index in [1.54, 1.807) is 6.07 Å². The molecule has 132 valence electrons. The summed E-state index contributed by atoms with van der Waals surface area (Å²) < 4.78 is 39.7. The lowest BCUT2D eigenvalue weighted by atomic mass is 9.84. The number of aromatic nitrogens is 1. The highest BCUT2D eigenvalue weighted by atomic mass is 19.4. The van der Waals surface area contributed by atoms with Gasteiger partial charge in [-0.15, -0.1) is 0 Å². The molecule has 6 heteroatoms. The molecule has 1 aromatic heterocycles. The smallest absolute Gasteiger partial charge is 0.380 e. The molecule has 0 bridgehead atoms. The first-order valence-electron chi connectivity index (χ1n) is 8.09. The van der Waals surface area contributed by atoms with Gasteiger partial charge in [0, 0.05) is 28.2 Å². The van der Waals surface area contributed by atoms with Gasteiger partial charge >= 0.3 is 6.18 Å². The van der Waals surface area contributed by atoms with Crippen LogP contribution >= 0.6 is 0 Å². The van der Waals surface area contributed by atoms with Crippen molar-refractivity contribution >= 4 is 16.6 Å². The van der Waals surface area contributed by atoms with Gasteiger partial charge in [0.2, 0.25) is 5.56 Å². The molecule has 0 saturated carbocycles. The number of pyridine rings is 1. The minimum atomic E-state index is -4.57. The summed E-state index contributed by atoms with van der Waals surface area (Å²) in [7, 11) is 0. The molecule has 0 aliphatic carbocycles. The predicted molar refractivity (Wildman–Crippen MR) is 91.3 cm³/mol. The Labute approximate surface area is 139 Å². The summed E-state index contributed by atoms with van der Waals surface area (Å²) in [5, 5.41) is 3.38. The van der Waals surface area contributed by atoms with E-state index in [0.717, 1.165) is 12.8 Å². The van der Waals surface area contributed by atoms with Crippen molar-refractivity contribution in [3.05, 3.63) is 40.2 Å². The van der Waals surface area contributed by atoms with Gasteiger partial charge in [-0.3, -0.25) is 4.79 Å². The summed E-state index contributed by atoms with van der Waals surface area (Å²) in [5.41, 5.74) is -1.09. The first-order chi connectivity index (χ1) is 11.1. The number of rotatable bonds is 5. The molecule has 2 N–H and O–H groups in total. The number of aromatic amines is 1. The van der Waals surface area contributed by atoms with Gasteiger partial charge < -0.3 is 10.3 Å². The van der Waals surface area contributed by atoms with E-state index in [0.29, 0.717) is 17.7 Å². The van der Waals surface area contributed by atoms with Crippen LogP contribution in [0.3, 0.4) is 0 Å². The molecular weight excluding hydrogens is 317 g/mol. The Balaban J connectivity index is 2.55. The number of hydrogen-bond donors (Lipinski definition) is 2. The molecule has 24 heavy (non-hydrogen) atoms. The molecule has 0 amide bonds. The fourth-order valence-corrected chi connectivity index (χ4v) is 2.91. The minimum Gasteiger partial charge on any atom is -0.380 e. The maximum absolute atomic E-state index is 13.2. The molecule has 2 rings (SSSR count). The summed E-state index contributed by atoms with van der Waals surface area (Å²) >= 11 is 0. The third kappa shape index (κ3) is 3.74. The number of H-pyrrole nitrogens is 1. The third-order valence-electron chi connectivity index (χ3n) is 4.62. The number of halogens is 3. The molecule has 0 aliphatic heterocycles. The van der Waals surface area contributed by atoms with Crippen LogP contribution in [0.5, 0.6) is 0 Å². The second-order valence-corrected chi connectivity index (χ2v) is 6.75. The number of anilines is 1. The van der Waals surface area contributed by atoms with Gasteiger partial charge in [-0.25, -0.2) is 0 Å². The van der Waals surface area contributed by atoms with Crippen molar-refractivity contribution < 1.29 is 13.2 Å². The van der Waals surface area contributed by atoms with Gasteiger partial charge in [-0.2, -0.15) is 13.2 Å². The van der Waals surface area contributed by atoms with Gasteiger partial charge in [0.1, 0.15) is 0 Å². The van der Waals surface area contributed by atoms with E-state index in [2.05, 4.69) is 38.0 Å². The molecule has 3 nitrogen and oxygen atoms in total. The summed E-state index contributed by atoms with van der Waals surface area (Å²) in [4.78, 5) is 13.9. The van der Waals surface area contributed by atoms with Crippen molar-refractivity contribution in [2.75, 3.05) is 5.32 Å². The maximum atomic E-state index is 13.2. The first kappa shape index (κ1) is 18.4. The van der Waals surface area contributed by atoms with Crippen LogP contribution in [0.15, 0.2) is 29.1 Å². The molecule has 1 unspecified atom stereocenters. The average Bonchev–Trinajstić information content (AvgIpc) is 2.45. The monoisotopic (exact) mass is 340 g/mol. The number of hydrogen-bond acceptors (Lipinski definition) is 2. The molecule has 0 aliphatic rings. The quantitative estimate of drug-likeness (QED) is 0.788. The lowest BCUT2D eigenvalue weighted by Crippen LogP contribution is -2.40. The Morgan fingerprint density at radius 1 is 1.21 bits per heavy atom. The normalized spacial score (nSPS) is 14.8. The molecular formula is C18H23F3N2O. The van der Waals surface area contributed by atoms with Gasteiger partial charge in [0.15, 0.2) is 0 Å². The summed E-state index contributed by atoms with van der Waals surface area (Å²) in [6.45, 7) is 8.32. The third-order valence-corrected chi connectivity index (χ3v) is 4.62. The zero-order chi connectivity index (χ0) is 18.1. The van der Waals surface area contributed by atoms with Gasteiger partial charge in [0.05, 0.1) is 5.56 Å². The maximum Gasteiger partial charge on any atom is 0.417 e. The summed E-state index contributed by atoms with van der Waals surface area (Å²) in [6.07, 6.45) is -2.70. The van der Waals surface area contributed by atoms with Crippen molar-refractivity contribution in [2.24, 2.45) is 5.92 Å². The first-order valence-corrected chi connectivity index (χ1v) is 8.09. The lowest BCUT2D eigenvalue weighted by molar-refractivity contribution is -0.136. The number of alkyl halides is 3. The van der Waals surface area contributed by atoms with Crippen LogP contribution in [-0.2, 0) is 6.18 Å². The summed E-state index contributed by atoms with van der Waals surface area (Å²) in [5.74, 6) is 0.311. The van der Waals surface area contributed by atoms with E-state index in [9.17, 15) is 18.0 Å². The predicted octanol–water partition coefficient (Wildman–Crippen LogP) is 5.17. The zero-order valence-corrected chi connectivity index (χ0v) is 14.3. The highest BCUT2D eigenvalue weighted by molar-refractivity contribution is 5.86. The number of benzene rings is 1. The van der Waals surface area contributed by atoms with Crippen molar-refractivity contribution in [1.82, 2.24) is 4.98 Å². The van der Waals surface area contributed by atoms with Crippen LogP contribution in [-0.4, -0.2) is 10.5 Å².